The van der Waals surface area contributed by atoms with Crippen LogP contribution >= 0.6 is 22.9 Å². The molecule has 3 amide bonds. The van der Waals surface area contributed by atoms with Crippen molar-refractivity contribution in [2.24, 2.45) is 0 Å². The highest BCUT2D eigenvalue weighted by molar-refractivity contribution is 7.17. The van der Waals surface area contributed by atoms with Crippen molar-refractivity contribution < 1.29 is 14.0 Å². The Balaban J connectivity index is 1.50. The third-order valence-corrected chi connectivity index (χ3v) is 5.42. The average molecular weight is 443 g/mol. The number of benzene rings is 1. The number of furan rings is 1. The van der Waals surface area contributed by atoms with Gasteiger partial charge in [-0.3, -0.25) is 19.5 Å². The first-order valence-corrected chi connectivity index (χ1v) is 10.1. The summed E-state index contributed by atoms with van der Waals surface area (Å²) in [5.41, 5.74) is 1.18. The van der Waals surface area contributed by atoms with E-state index in [0.717, 1.165) is 11.1 Å². The summed E-state index contributed by atoms with van der Waals surface area (Å²) in [5, 5.41) is 7.53. The molecule has 0 aliphatic rings. The Hall–Kier alpha value is -3.43. The topological polar surface area (TPSA) is 106 Å². The largest absolute Gasteiger partial charge is 0.467 e. The van der Waals surface area contributed by atoms with Crippen LogP contribution in [0, 0.1) is 0 Å². The van der Waals surface area contributed by atoms with Gasteiger partial charge in [0.15, 0.2) is 0 Å². The number of nitrogens with one attached hydrogen (secondary N) is 2. The summed E-state index contributed by atoms with van der Waals surface area (Å²) in [7, 11) is 0. The van der Waals surface area contributed by atoms with E-state index in [0.29, 0.717) is 21.0 Å². The minimum absolute atomic E-state index is 0.138. The first-order valence-electron chi connectivity index (χ1n) is 8.84. The lowest BCUT2D eigenvalue weighted by Crippen LogP contribution is -2.41. The Morgan fingerprint density at radius 3 is 2.73 bits per heavy atom. The quantitative estimate of drug-likeness (QED) is 0.492. The lowest BCUT2D eigenvalue weighted by atomic mass is 10.1. The van der Waals surface area contributed by atoms with Crippen LogP contribution in [0.3, 0.4) is 0 Å². The third-order valence-electron chi connectivity index (χ3n) is 4.29. The monoisotopic (exact) mass is 442 g/mol. The number of nitrogens with zero attached hydrogens (tertiary/aromatic N) is 2. The molecule has 0 saturated carbocycles. The van der Waals surface area contributed by atoms with Crippen LogP contribution in [0.5, 0.6) is 0 Å². The number of aromatic nitrogens is 2. The molecule has 30 heavy (non-hydrogen) atoms. The maximum atomic E-state index is 13.0. The number of carbonyl (C=O) groups is 2. The number of carbonyl (C=O) groups excluding carboxylic acids is 2. The van der Waals surface area contributed by atoms with Gasteiger partial charge in [0.1, 0.15) is 17.1 Å². The summed E-state index contributed by atoms with van der Waals surface area (Å²) in [5.74, 6) is -0.0888. The van der Waals surface area contributed by atoms with Crippen molar-refractivity contribution in [1.82, 2.24) is 20.2 Å². The smallest absolute Gasteiger partial charge is 0.321 e. The Bertz CT molecular complexity index is 1260. The second kappa shape index (κ2) is 8.52. The fourth-order valence-electron chi connectivity index (χ4n) is 2.87. The maximum Gasteiger partial charge on any atom is 0.321 e. The van der Waals surface area contributed by atoms with Gasteiger partial charge >= 0.3 is 6.03 Å². The van der Waals surface area contributed by atoms with Gasteiger partial charge in [0, 0.05) is 16.0 Å². The summed E-state index contributed by atoms with van der Waals surface area (Å²) < 4.78 is 6.27. The van der Waals surface area contributed by atoms with Gasteiger partial charge in [0.05, 0.1) is 24.5 Å². The Kier molecular flexibility index (Phi) is 5.64. The molecule has 1 aromatic carbocycles. The minimum Gasteiger partial charge on any atom is -0.467 e. The average Bonchev–Trinajstić information content (AvgIpc) is 3.39. The van der Waals surface area contributed by atoms with Crippen LogP contribution in [0.15, 0.2) is 63.6 Å². The maximum absolute atomic E-state index is 13.0. The van der Waals surface area contributed by atoms with Crippen molar-refractivity contribution in [3.05, 3.63) is 75.5 Å². The summed E-state index contributed by atoms with van der Waals surface area (Å²) in [4.78, 5) is 41.9. The minimum atomic E-state index is -0.684. The molecule has 0 atom stereocenters. The highest BCUT2D eigenvalue weighted by Crippen LogP contribution is 2.31. The van der Waals surface area contributed by atoms with E-state index in [1.165, 1.54) is 28.5 Å². The van der Waals surface area contributed by atoms with Gasteiger partial charge in [0.2, 0.25) is 5.91 Å². The van der Waals surface area contributed by atoms with Gasteiger partial charge in [-0.05, 0) is 29.8 Å². The fourth-order valence-corrected chi connectivity index (χ4v) is 3.90. The molecule has 152 valence electrons. The number of urea groups is 1. The second-order valence-corrected chi connectivity index (χ2v) is 7.62. The summed E-state index contributed by atoms with van der Waals surface area (Å²) >= 11 is 7.28. The third kappa shape index (κ3) is 4.27. The van der Waals surface area contributed by atoms with E-state index in [9.17, 15) is 14.4 Å². The van der Waals surface area contributed by atoms with Crippen molar-refractivity contribution in [1.29, 1.82) is 0 Å². The van der Waals surface area contributed by atoms with E-state index in [-0.39, 0.29) is 18.6 Å². The van der Waals surface area contributed by atoms with Crippen LogP contribution < -0.4 is 16.2 Å². The Labute approximate surface area is 179 Å². The van der Waals surface area contributed by atoms with E-state index in [1.807, 2.05) is 17.5 Å². The number of rotatable bonds is 5. The second-order valence-electron chi connectivity index (χ2n) is 6.32. The summed E-state index contributed by atoms with van der Waals surface area (Å²) in [6.45, 7) is -0.204. The van der Waals surface area contributed by atoms with Crippen molar-refractivity contribution in [2.75, 3.05) is 0 Å². The first-order chi connectivity index (χ1) is 14.5. The lowest BCUT2D eigenvalue weighted by Gasteiger charge is -2.08. The van der Waals surface area contributed by atoms with Crippen LogP contribution in [0.25, 0.3) is 21.3 Å². The van der Waals surface area contributed by atoms with Crippen molar-refractivity contribution in [2.45, 2.75) is 13.1 Å². The fraction of sp³-hybridized carbons (Fsp3) is 0.100. The molecule has 0 bridgehead atoms. The van der Waals surface area contributed by atoms with Crippen LogP contribution in [0.1, 0.15) is 5.76 Å². The number of hydrogen-bond acceptors (Lipinski definition) is 6. The number of halogens is 1. The number of fused-ring (bicyclic) bond motifs is 1. The molecule has 2 N–H and O–H groups in total. The molecule has 10 heteroatoms. The standard InChI is InChI=1S/C20H15ClN4O4S/c21-13-5-3-12(4-6-13)15-10-30-18-17(15)19(27)25(11-23-18)9-16(26)24-20(28)22-8-14-2-1-7-29-14/h1-7,10-11H,8-9H2,(H2,22,24,26,28). The molecule has 0 unspecified atom stereocenters. The molecular formula is C20H15ClN4O4S. The van der Waals surface area contributed by atoms with Crippen molar-refractivity contribution in [3.63, 3.8) is 0 Å². The summed E-state index contributed by atoms with van der Waals surface area (Å²) in [6.07, 6.45) is 2.78. The predicted octanol–water partition coefficient (Wildman–Crippen LogP) is 3.40. The Morgan fingerprint density at radius 2 is 2.00 bits per heavy atom. The van der Waals surface area contributed by atoms with Gasteiger partial charge in [-0.25, -0.2) is 9.78 Å². The zero-order chi connectivity index (χ0) is 21.1. The zero-order valence-corrected chi connectivity index (χ0v) is 17.0. The van der Waals surface area contributed by atoms with Gasteiger partial charge < -0.3 is 9.73 Å². The lowest BCUT2D eigenvalue weighted by molar-refractivity contribution is -0.120. The molecule has 0 radical (unpaired) electrons. The van der Waals surface area contributed by atoms with E-state index in [2.05, 4.69) is 15.6 Å². The highest BCUT2D eigenvalue weighted by atomic mass is 35.5. The molecule has 8 nitrogen and oxygen atoms in total. The molecule has 4 aromatic rings. The first kappa shape index (κ1) is 19.9. The Morgan fingerprint density at radius 1 is 1.20 bits per heavy atom. The normalized spacial score (nSPS) is 10.8. The molecule has 0 aliphatic heterocycles. The van der Waals surface area contributed by atoms with Crippen LogP contribution in [-0.2, 0) is 17.9 Å². The highest BCUT2D eigenvalue weighted by Gasteiger charge is 2.16. The van der Waals surface area contributed by atoms with Crippen LogP contribution in [-0.4, -0.2) is 21.5 Å². The SMILES string of the molecule is O=C(Cn1cnc2scc(-c3ccc(Cl)cc3)c2c1=O)NC(=O)NCc1ccco1. The number of amides is 3. The molecule has 3 heterocycles. The molecule has 0 fully saturated rings. The summed E-state index contributed by atoms with van der Waals surface area (Å²) in [6, 6.07) is 9.82. The molecule has 0 spiro atoms. The predicted molar refractivity (Wildman–Crippen MR) is 113 cm³/mol. The number of thiophene rings is 1. The van der Waals surface area contributed by atoms with Gasteiger partial charge in [0.25, 0.3) is 5.56 Å². The van der Waals surface area contributed by atoms with Crippen LogP contribution in [0.4, 0.5) is 4.79 Å². The van der Waals surface area contributed by atoms with E-state index in [4.69, 9.17) is 16.0 Å². The zero-order valence-electron chi connectivity index (χ0n) is 15.4. The molecular weight excluding hydrogens is 428 g/mol. The molecule has 4 rings (SSSR count). The molecule has 0 saturated heterocycles. The van der Waals surface area contributed by atoms with E-state index < -0.39 is 11.9 Å². The van der Waals surface area contributed by atoms with Crippen molar-refractivity contribution >= 4 is 45.1 Å². The van der Waals surface area contributed by atoms with E-state index in [1.54, 1.807) is 24.3 Å². The van der Waals surface area contributed by atoms with Crippen LogP contribution in [0.2, 0.25) is 5.02 Å². The van der Waals surface area contributed by atoms with Gasteiger partial charge in [-0.15, -0.1) is 11.3 Å². The number of hydrogen-bond donors (Lipinski definition) is 2. The van der Waals surface area contributed by atoms with E-state index >= 15 is 0 Å². The van der Waals surface area contributed by atoms with Gasteiger partial charge in [-0.2, -0.15) is 0 Å². The molecule has 0 aliphatic carbocycles. The number of imide groups is 1. The van der Waals surface area contributed by atoms with Crippen molar-refractivity contribution in [3.8, 4) is 11.1 Å². The molecule has 3 aromatic heterocycles. The van der Waals surface area contributed by atoms with Gasteiger partial charge in [-0.1, -0.05) is 23.7 Å².